The summed E-state index contributed by atoms with van der Waals surface area (Å²) in [4.78, 5) is 39.7. The van der Waals surface area contributed by atoms with Crippen molar-refractivity contribution in [2.45, 2.75) is 39.3 Å². The number of nitrogens with zero attached hydrogens (tertiary/aromatic N) is 1. The number of carbonyl (C=O) groups is 3. The monoisotopic (exact) mass is 476 g/mol. The van der Waals surface area contributed by atoms with E-state index in [9.17, 15) is 14.4 Å². The molecule has 1 heterocycles. The van der Waals surface area contributed by atoms with E-state index >= 15 is 0 Å². The highest BCUT2D eigenvalue weighted by atomic mass is 32.1. The summed E-state index contributed by atoms with van der Waals surface area (Å²) in [5, 5.41) is 12.5. The molecule has 0 aliphatic carbocycles. The Kier molecular flexibility index (Phi) is 9.56. The normalized spacial score (nSPS) is 12.4. The molecule has 2 rings (SSSR count). The zero-order valence-electron chi connectivity index (χ0n) is 19.0. The number of carboxylic acid groups (broad SMARTS) is 1. The van der Waals surface area contributed by atoms with Gasteiger partial charge in [-0.3, -0.25) is 0 Å². The molecule has 0 aliphatic rings. The van der Waals surface area contributed by atoms with Gasteiger partial charge >= 0.3 is 17.9 Å². The average Bonchev–Trinajstić information content (AvgIpc) is 3.19. The highest BCUT2D eigenvalue weighted by molar-refractivity contribution is 7.17. The van der Waals surface area contributed by atoms with Crippen molar-refractivity contribution in [2.24, 2.45) is 0 Å². The van der Waals surface area contributed by atoms with E-state index in [1.165, 1.54) is 0 Å². The molecule has 33 heavy (non-hydrogen) atoms. The maximum atomic E-state index is 12.4. The zero-order valence-corrected chi connectivity index (χ0v) is 19.8. The standard InChI is InChI=1S/C23H28N2O7S/c1-5-30-22(29)19-20(25-21(33-19)15-9-7-6-8-10-15)31-14-16(13-24-23(2,3)4)32-18(28)12-11-17(26)27/h6-12,16,24H,5,13-14H2,1-4H3,(H,26,27)/b12-11-/t16-/m0/s1. The molecule has 10 heteroatoms. The largest absolute Gasteiger partial charge is 0.478 e. The Morgan fingerprint density at radius 2 is 1.88 bits per heavy atom. The summed E-state index contributed by atoms with van der Waals surface area (Å²) >= 11 is 1.14. The third-order valence-corrected chi connectivity index (χ3v) is 5.05. The Bertz CT molecular complexity index is 980. The molecule has 0 unspecified atom stereocenters. The first-order chi connectivity index (χ1) is 15.6. The molecule has 0 amide bonds. The first kappa shape index (κ1) is 26.0. The van der Waals surface area contributed by atoms with E-state index in [2.05, 4.69) is 10.3 Å². The van der Waals surface area contributed by atoms with Crippen LogP contribution in [0.2, 0.25) is 0 Å². The number of benzene rings is 1. The van der Waals surface area contributed by atoms with Crippen molar-refractivity contribution in [3.05, 3.63) is 47.4 Å². The second kappa shape index (κ2) is 12.1. The highest BCUT2D eigenvalue weighted by Gasteiger charge is 2.24. The third-order valence-electron chi connectivity index (χ3n) is 3.99. The van der Waals surface area contributed by atoms with Gasteiger partial charge in [0.25, 0.3) is 0 Å². The molecule has 1 aromatic heterocycles. The first-order valence-electron chi connectivity index (χ1n) is 10.3. The Balaban J connectivity index is 2.22. The van der Waals surface area contributed by atoms with Crippen LogP contribution in [0.4, 0.5) is 0 Å². The smallest absolute Gasteiger partial charge is 0.354 e. The van der Waals surface area contributed by atoms with Crippen molar-refractivity contribution in [1.82, 2.24) is 10.3 Å². The summed E-state index contributed by atoms with van der Waals surface area (Å²) in [6.45, 7) is 7.87. The number of ether oxygens (including phenoxy) is 3. The van der Waals surface area contributed by atoms with Gasteiger partial charge < -0.3 is 24.6 Å². The van der Waals surface area contributed by atoms with Crippen LogP contribution >= 0.6 is 11.3 Å². The lowest BCUT2D eigenvalue weighted by Gasteiger charge is -2.25. The van der Waals surface area contributed by atoms with Crippen molar-refractivity contribution in [1.29, 1.82) is 0 Å². The topological polar surface area (TPSA) is 124 Å². The molecule has 1 atom stereocenters. The minimum absolute atomic E-state index is 0.0789. The van der Waals surface area contributed by atoms with Gasteiger partial charge in [-0.25, -0.2) is 19.4 Å². The number of hydrogen-bond acceptors (Lipinski definition) is 9. The van der Waals surface area contributed by atoms with Gasteiger partial charge in [-0.1, -0.05) is 30.3 Å². The maximum Gasteiger partial charge on any atom is 0.354 e. The quantitative estimate of drug-likeness (QED) is 0.371. The molecule has 0 aliphatic heterocycles. The molecule has 0 saturated heterocycles. The summed E-state index contributed by atoms with van der Waals surface area (Å²) < 4.78 is 16.3. The van der Waals surface area contributed by atoms with Crippen molar-refractivity contribution in [2.75, 3.05) is 19.8 Å². The molecular weight excluding hydrogens is 448 g/mol. The Morgan fingerprint density at radius 3 is 2.48 bits per heavy atom. The summed E-state index contributed by atoms with van der Waals surface area (Å²) in [6.07, 6.45) is 0.752. The van der Waals surface area contributed by atoms with Crippen molar-refractivity contribution in [3.8, 4) is 16.5 Å². The summed E-state index contributed by atoms with van der Waals surface area (Å²) in [5.41, 5.74) is 0.553. The van der Waals surface area contributed by atoms with Gasteiger partial charge in [-0.15, -0.1) is 11.3 Å². The van der Waals surface area contributed by atoms with Gasteiger partial charge in [-0.2, -0.15) is 0 Å². The molecule has 2 aromatic rings. The number of aromatic nitrogens is 1. The second-order valence-electron chi connectivity index (χ2n) is 7.91. The third kappa shape index (κ3) is 9.03. The van der Waals surface area contributed by atoms with Gasteiger partial charge in [0.05, 0.1) is 6.61 Å². The lowest BCUT2D eigenvalue weighted by molar-refractivity contribution is -0.145. The number of rotatable bonds is 11. The molecule has 2 N–H and O–H groups in total. The van der Waals surface area contributed by atoms with Crippen LogP contribution in [0.1, 0.15) is 37.4 Å². The van der Waals surface area contributed by atoms with Gasteiger partial charge in [0, 0.05) is 29.8 Å². The van der Waals surface area contributed by atoms with Crippen LogP contribution in [0.15, 0.2) is 42.5 Å². The van der Waals surface area contributed by atoms with Crippen LogP contribution in [0, 0.1) is 0 Å². The first-order valence-corrected chi connectivity index (χ1v) is 11.1. The van der Waals surface area contributed by atoms with Gasteiger partial charge in [0.15, 0.2) is 4.88 Å². The van der Waals surface area contributed by atoms with Crippen LogP contribution in [0.5, 0.6) is 5.88 Å². The second-order valence-corrected chi connectivity index (χ2v) is 8.91. The number of nitrogens with one attached hydrogen (secondary N) is 1. The fourth-order valence-electron chi connectivity index (χ4n) is 2.50. The number of thiazole rings is 1. The average molecular weight is 477 g/mol. The van der Waals surface area contributed by atoms with Crippen molar-refractivity contribution in [3.63, 3.8) is 0 Å². The number of esters is 2. The molecule has 0 saturated carbocycles. The minimum atomic E-state index is -1.26. The molecule has 0 radical (unpaired) electrons. The van der Waals surface area contributed by atoms with E-state index in [0.717, 1.165) is 23.0 Å². The lowest BCUT2D eigenvalue weighted by atomic mass is 10.1. The maximum absolute atomic E-state index is 12.4. The molecule has 1 aromatic carbocycles. The van der Waals surface area contributed by atoms with Crippen LogP contribution < -0.4 is 10.1 Å². The molecule has 178 valence electrons. The molecule has 9 nitrogen and oxygen atoms in total. The molecular formula is C23H28N2O7S. The van der Waals surface area contributed by atoms with Crippen molar-refractivity contribution >= 4 is 29.2 Å². The van der Waals surface area contributed by atoms with Crippen LogP contribution in [0.25, 0.3) is 10.6 Å². The Labute approximate surface area is 196 Å². The number of hydrogen-bond donors (Lipinski definition) is 2. The number of carboxylic acids is 1. The van der Waals surface area contributed by atoms with Crippen LogP contribution in [0.3, 0.4) is 0 Å². The summed E-state index contributed by atoms with van der Waals surface area (Å²) in [6, 6.07) is 9.33. The van der Waals surface area contributed by atoms with E-state index < -0.39 is 24.0 Å². The van der Waals surface area contributed by atoms with Crippen LogP contribution in [-0.4, -0.2) is 59.4 Å². The molecule has 0 spiro atoms. The SMILES string of the molecule is CCOC(=O)c1sc(-c2ccccc2)nc1OC[C@H](CNC(C)(C)C)OC(=O)/C=C\C(=O)O. The predicted molar refractivity (Wildman–Crippen MR) is 123 cm³/mol. The Hall–Kier alpha value is -3.24. The van der Waals surface area contributed by atoms with E-state index in [-0.39, 0.29) is 36.1 Å². The van der Waals surface area contributed by atoms with E-state index in [1.807, 2.05) is 51.1 Å². The van der Waals surface area contributed by atoms with Crippen LogP contribution in [-0.2, 0) is 19.1 Å². The summed E-state index contributed by atoms with van der Waals surface area (Å²) in [5.74, 6) is -2.56. The number of aliphatic carboxylic acids is 1. The fraction of sp³-hybridized carbons (Fsp3) is 0.391. The Morgan fingerprint density at radius 1 is 1.18 bits per heavy atom. The molecule has 0 bridgehead atoms. The van der Waals surface area contributed by atoms with E-state index in [4.69, 9.17) is 19.3 Å². The summed E-state index contributed by atoms with van der Waals surface area (Å²) in [7, 11) is 0. The highest BCUT2D eigenvalue weighted by Crippen LogP contribution is 2.33. The fourth-order valence-corrected chi connectivity index (χ4v) is 3.41. The number of carbonyl (C=O) groups excluding carboxylic acids is 2. The minimum Gasteiger partial charge on any atom is -0.478 e. The molecule has 0 fully saturated rings. The van der Waals surface area contributed by atoms with Gasteiger partial charge in [0.1, 0.15) is 17.7 Å². The predicted octanol–water partition coefficient (Wildman–Crippen LogP) is 3.31. The zero-order chi connectivity index (χ0) is 24.4. The van der Waals surface area contributed by atoms with E-state index in [1.54, 1.807) is 6.92 Å². The van der Waals surface area contributed by atoms with Gasteiger partial charge in [-0.05, 0) is 27.7 Å². The van der Waals surface area contributed by atoms with E-state index in [0.29, 0.717) is 11.1 Å². The lowest BCUT2D eigenvalue weighted by Crippen LogP contribution is -2.44. The van der Waals surface area contributed by atoms with Crippen molar-refractivity contribution < 1.29 is 33.7 Å². The van der Waals surface area contributed by atoms with Gasteiger partial charge in [0.2, 0.25) is 5.88 Å².